The lowest BCUT2D eigenvalue weighted by molar-refractivity contribution is -0.115. The molecule has 5 heteroatoms. The molecule has 1 heterocycles. The largest absolute Gasteiger partial charge is 0.314 e. The van der Waals surface area contributed by atoms with Gasteiger partial charge in [0.25, 0.3) is 4.52 Å². The second-order valence-corrected chi connectivity index (χ2v) is 4.06. The molecule has 0 N–H and O–H groups in total. The highest BCUT2D eigenvalue weighted by Gasteiger charge is 2.69. The van der Waals surface area contributed by atoms with E-state index in [9.17, 15) is 4.79 Å². The molecule has 0 amide bonds. The van der Waals surface area contributed by atoms with Crippen molar-refractivity contribution in [3.63, 3.8) is 0 Å². The molecule has 0 aromatic heterocycles. The maximum atomic E-state index is 10.8. The maximum Gasteiger partial charge on any atom is 0.264 e. The lowest BCUT2D eigenvalue weighted by atomic mass is 10.2. The SMILES string of the molecule is C=CC(=O)CC1(Cl)OC1(Cl)Cl. The fourth-order valence-electron chi connectivity index (χ4n) is 0.613. The topological polar surface area (TPSA) is 29.6 Å². The summed E-state index contributed by atoms with van der Waals surface area (Å²) >= 11 is 16.6. The minimum absolute atomic E-state index is 0.0505. The number of carbonyl (C=O) groups excluding carboxylic acids is 1. The summed E-state index contributed by atoms with van der Waals surface area (Å²) in [5, 5.41) is -1.25. The monoisotopic (exact) mass is 214 g/mol. The molecule has 0 aliphatic carbocycles. The molecule has 62 valence electrons. The summed E-state index contributed by atoms with van der Waals surface area (Å²) in [6, 6.07) is 0. The first kappa shape index (κ1) is 9.33. The normalized spacial score (nSPS) is 33.0. The van der Waals surface area contributed by atoms with E-state index in [0.717, 1.165) is 6.08 Å². The van der Waals surface area contributed by atoms with E-state index in [2.05, 4.69) is 6.58 Å². The first-order valence-corrected chi connectivity index (χ1v) is 3.97. The van der Waals surface area contributed by atoms with Gasteiger partial charge in [0, 0.05) is 0 Å². The van der Waals surface area contributed by atoms with Crippen LogP contribution >= 0.6 is 34.8 Å². The third-order valence-electron chi connectivity index (χ3n) is 1.31. The summed E-state index contributed by atoms with van der Waals surface area (Å²) in [5.41, 5.74) is 0. The summed E-state index contributed by atoms with van der Waals surface area (Å²) in [4.78, 5) is 10.8. The Kier molecular flexibility index (Phi) is 2.23. The van der Waals surface area contributed by atoms with Gasteiger partial charge in [-0.05, 0) is 6.08 Å². The minimum Gasteiger partial charge on any atom is -0.314 e. The second kappa shape index (κ2) is 2.63. The standard InChI is InChI=1S/C6H5Cl3O2/c1-2-4(10)3-5(7)6(8,9)11-5/h2H,1,3H2. The summed E-state index contributed by atoms with van der Waals surface area (Å²) in [6.07, 6.45) is 1.10. The minimum atomic E-state index is -1.42. The van der Waals surface area contributed by atoms with Crippen molar-refractivity contribution in [3.8, 4) is 0 Å². The number of rotatable bonds is 3. The molecule has 1 atom stereocenters. The molecule has 0 bridgehead atoms. The molecule has 0 saturated carbocycles. The second-order valence-electron chi connectivity index (χ2n) is 2.19. The number of hydrogen-bond donors (Lipinski definition) is 0. The van der Waals surface area contributed by atoms with Crippen LogP contribution in [0.2, 0.25) is 0 Å². The molecule has 1 aliphatic rings. The average Bonchev–Trinajstić information content (AvgIpc) is 2.31. The summed E-state index contributed by atoms with van der Waals surface area (Å²) in [7, 11) is 0. The van der Waals surface area contributed by atoms with Gasteiger partial charge in [0.2, 0.25) is 5.06 Å². The lowest BCUT2D eigenvalue weighted by Crippen LogP contribution is -2.13. The van der Waals surface area contributed by atoms with Crippen LogP contribution < -0.4 is 0 Å². The Labute approximate surface area is 79.1 Å². The van der Waals surface area contributed by atoms with Crippen LogP contribution in [0.4, 0.5) is 0 Å². The van der Waals surface area contributed by atoms with Crippen molar-refractivity contribution in [1.29, 1.82) is 0 Å². The number of epoxide rings is 1. The third kappa shape index (κ3) is 1.70. The predicted molar refractivity (Wildman–Crippen MR) is 43.9 cm³/mol. The summed E-state index contributed by atoms with van der Waals surface area (Å²) < 4.78 is 3.27. The van der Waals surface area contributed by atoms with Crippen LogP contribution in [0.5, 0.6) is 0 Å². The molecule has 1 fully saturated rings. The smallest absolute Gasteiger partial charge is 0.264 e. The fourth-order valence-corrected chi connectivity index (χ4v) is 1.34. The van der Waals surface area contributed by atoms with Crippen LogP contribution in [-0.4, -0.2) is 15.4 Å². The van der Waals surface area contributed by atoms with E-state index >= 15 is 0 Å². The van der Waals surface area contributed by atoms with Crippen molar-refractivity contribution in [1.82, 2.24) is 0 Å². The van der Waals surface area contributed by atoms with Crippen molar-refractivity contribution in [2.75, 3.05) is 0 Å². The van der Waals surface area contributed by atoms with Gasteiger partial charge in [-0.3, -0.25) is 4.79 Å². The Morgan fingerprint density at radius 3 is 2.27 bits per heavy atom. The Hall–Kier alpha value is 0.240. The van der Waals surface area contributed by atoms with Crippen LogP contribution in [0.1, 0.15) is 6.42 Å². The van der Waals surface area contributed by atoms with Gasteiger partial charge in [-0.15, -0.1) is 0 Å². The maximum absolute atomic E-state index is 10.8. The van der Waals surface area contributed by atoms with E-state index in [-0.39, 0.29) is 12.2 Å². The Balaban J connectivity index is 2.53. The number of allylic oxidation sites excluding steroid dienone is 1. The predicted octanol–water partition coefficient (Wildman–Crippen LogP) is 2.23. The first-order valence-electron chi connectivity index (χ1n) is 2.83. The zero-order valence-electron chi connectivity index (χ0n) is 5.44. The van der Waals surface area contributed by atoms with Gasteiger partial charge in [-0.2, -0.15) is 0 Å². The third-order valence-corrected chi connectivity index (χ3v) is 2.75. The van der Waals surface area contributed by atoms with Crippen molar-refractivity contribution >= 4 is 40.6 Å². The van der Waals surface area contributed by atoms with E-state index in [1.54, 1.807) is 0 Å². The van der Waals surface area contributed by atoms with Crippen LogP contribution in [0.25, 0.3) is 0 Å². The van der Waals surface area contributed by atoms with Gasteiger partial charge in [0.05, 0.1) is 6.42 Å². The van der Waals surface area contributed by atoms with Gasteiger partial charge in [0.1, 0.15) is 0 Å². The van der Waals surface area contributed by atoms with Gasteiger partial charge >= 0.3 is 0 Å². The zero-order valence-corrected chi connectivity index (χ0v) is 7.71. The van der Waals surface area contributed by atoms with Crippen molar-refractivity contribution in [2.24, 2.45) is 0 Å². The molecule has 0 spiro atoms. The molecular weight excluding hydrogens is 210 g/mol. The van der Waals surface area contributed by atoms with Gasteiger partial charge in [-0.1, -0.05) is 41.4 Å². The molecule has 0 aromatic carbocycles. The number of ether oxygens (including phenoxy) is 1. The highest BCUT2D eigenvalue weighted by atomic mass is 35.5. The van der Waals surface area contributed by atoms with E-state index in [1.165, 1.54) is 0 Å². The molecule has 1 rings (SSSR count). The average molecular weight is 215 g/mol. The molecule has 1 unspecified atom stereocenters. The quantitative estimate of drug-likeness (QED) is 0.410. The van der Waals surface area contributed by atoms with E-state index < -0.39 is 9.58 Å². The van der Waals surface area contributed by atoms with Crippen LogP contribution in [0.3, 0.4) is 0 Å². The molecule has 0 aromatic rings. The Bertz CT molecular complexity index is 214. The van der Waals surface area contributed by atoms with Crippen LogP contribution in [0.15, 0.2) is 12.7 Å². The number of hydrogen-bond acceptors (Lipinski definition) is 2. The summed E-state index contributed by atoms with van der Waals surface area (Å²) in [6.45, 7) is 3.27. The number of halogens is 3. The molecule has 1 aliphatic heterocycles. The Morgan fingerprint density at radius 1 is 1.55 bits per heavy atom. The highest BCUT2D eigenvalue weighted by molar-refractivity contribution is 6.55. The summed E-state index contributed by atoms with van der Waals surface area (Å²) in [5.74, 6) is -0.247. The van der Waals surface area contributed by atoms with Crippen molar-refractivity contribution in [3.05, 3.63) is 12.7 Å². The van der Waals surface area contributed by atoms with E-state index in [1.807, 2.05) is 0 Å². The van der Waals surface area contributed by atoms with Crippen molar-refractivity contribution < 1.29 is 9.53 Å². The molecular formula is C6H5Cl3O2. The molecule has 11 heavy (non-hydrogen) atoms. The number of alkyl halides is 3. The van der Waals surface area contributed by atoms with Gasteiger partial charge in [0.15, 0.2) is 5.78 Å². The highest BCUT2D eigenvalue weighted by Crippen LogP contribution is 2.59. The van der Waals surface area contributed by atoms with Gasteiger partial charge < -0.3 is 4.74 Å². The first-order chi connectivity index (χ1) is 4.91. The number of carbonyl (C=O) groups is 1. The Morgan fingerprint density at radius 2 is 2.00 bits per heavy atom. The molecule has 2 nitrogen and oxygen atoms in total. The number of ketones is 1. The van der Waals surface area contributed by atoms with Gasteiger partial charge in [-0.25, -0.2) is 0 Å². The van der Waals surface area contributed by atoms with Crippen molar-refractivity contribution in [2.45, 2.75) is 16.0 Å². The van der Waals surface area contributed by atoms with Crippen LogP contribution in [-0.2, 0) is 9.53 Å². The van der Waals surface area contributed by atoms with Crippen LogP contribution in [0, 0.1) is 0 Å². The zero-order chi connectivity index (χ0) is 8.70. The van der Waals surface area contributed by atoms with E-state index in [0.29, 0.717) is 0 Å². The lowest BCUT2D eigenvalue weighted by Gasteiger charge is -1.98. The molecule has 1 saturated heterocycles. The fraction of sp³-hybridized carbons (Fsp3) is 0.500. The van der Waals surface area contributed by atoms with E-state index in [4.69, 9.17) is 39.5 Å². The molecule has 0 radical (unpaired) electrons.